The highest BCUT2D eigenvalue weighted by Crippen LogP contribution is 2.44. The van der Waals surface area contributed by atoms with E-state index in [0.29, 0.717) is 16.4 Å². The third-order valence-electron chi connectivity index (χ3n) is 5.61. The van der Waals surface area contributed by atoms with Gasteiger partial charge in [0.15, 0.2) is 14.7 Å². The Morgan fingerprint density at radius 3 is 1.78 bits per heavy atom. The van der Waals surface area contributed by atoms with Crippen LogP contribution in [0, 0.1) is 0 Å². The molecule has 0 radical (unpaired) electrons. The zero-order valence-corrected chi connectivity index (χ0v) is 19.3. The number of benzene rings is 4. The molecule has 4 aromatic rings. The Hall–Kier alpha value is -3.02. The van der Waals surface area contributed by atoms with E-state index in [9.17, 15) is 8.42 Å². The molecule has 0 N–H and O–H groups in total. The molecule has 0 fully saturated rings. The van der Waals surface area contributed by atoms with Gasteiger partial charge in [0.25, 0.3) is 0 Å². The Kier molecular flexibility index (Phi) is 5.53. The van der Waals surface area contributed by atoms with Gasteiger partial charge in [-0.1, -0.05) is 55.5 Å². The molecule has 4 aromatic carbocycles. The number of rotatable bonds is 5. The summed E-state index contributed by atoms with van der Waals surface area (Å²) < 4.78 is 32.3. The summed E-state index contributed by atoms with van der Waals surface area (Å²) in [6, 6.07) is 31.2. The van der Waals surface area contributed by atoms with Crippen LogP contribution in [0.5, 0.6) is 5.75 Å². The molecule has 5 rings (SSSR count). The fourth-order valence-corrected chi connectivity index (χ4v) is 8.58. The number of fused-ring (bicyclic) bond motifs is 2. The minimum atomic E-state index is -3.51. The lowest BCUT2D eigenvalue weighted by atomic mass is 10.2. The van der Waals surface area contributed by atoms with Gasteiger partial charge in [-0.05, 0) is 66.1 Å². The van der Waals surface area contributed by atoms with Crippen molar-refractivity contribution >= 4 is 20.7 Å². The van der Waals surface area contributed by atoms with Gasteiger partial charge in [-0.2, -0.15) is 0 Å². The second-order valence-corrected chi connectivity index (χ2v) is 11.5. The molecule has 5 heteroatoms. The number of hydrogen-bond acceptors (Lipinski definition) is 3. The van der Waals surface area contributed by atoms with E-state index in [1.807, 2.05) is 36.4 Å². The Bertz CT molecular complexity index is 1310. The molecule has 0 bridgehead atoms. The molecule has 1 heterocycles. The predicted molar refractivity (Wildman–Crippen MR) is 127 cm³/mol. The monoisotopic (exact) mass is 459 g/mol. The summed E-state index contributed by atoms with van der Waals surface area (Å²) in [5.74, 6) is 0.855. The fraction of sp³-hybridized carbons (Fsp3) is 0.111. The summed E-state index contributed by atoms with van der Waals surface area (Å²) in [6.07, 6.45) is 1.01. The van der Waals surface area contributed by atoms with Gasteiger partial charge < -0.3 is 4.74 Å². The summed E-state index contributed by atoms with van der Waals surface area (Å²) in [4.78, 5) is 3.61. The highest BCUT2D eigenvalue weighted by Gasteiger charge is 2.44. The number of sulfone groups is 1. The molecule has 0 saturated heterocycles. The fourth-order valence-electron chi connectivity index (χ4n) is 3.88. The Morgan fingerprint density at radius 2 is 1.22 bits per heavy atom. The third-order valence-corrected chi connectivity index (χ3v) is 10.1. The van der Waals surface area contributed by atoms with Gasteiger partial charge in [0.2, 0.25) is 9.84 Å². The maximum atomic E-state index is 13.2. The highest BCUT2D eigenvalue weighted by molar-refractivity contribution is 8.00. The van der Waals surface area contributed by atoms with Gasteiger partial charge >= 0.3 is 0 Å². The van der Waals surface area contributed by atoms with Crippen LogP contribution in [0.1, 0.15) is 18.1 Å². The largest absolute Gasteiger partial charge is 0.489 e. The van der Waals surface area contributed by atoms with Crippen molar-refractivity contribution in [2.75, 3.05) is 0 Å². The summed E-state index contributed by atoms with van der Waals surface area (Å²) in [6.45, 7) is 2.62. The molecule has 0 saturated carbocycles. The molecule has 0 aromatic heterocycles. The second kappa shape index (κ2) is 8.49. The normalized spacial score (nSPS) is 14.4. The zero-order valence-electron chi connectivity index (χ0n) is 17.7. The summed E-state index contributed by atoms with van der Waals surface area (Å²) >= 11 is 0. The standard InChI is InChI=1S/C27H23O3S2/c1-2-20-11-15-22(16-12-20)30-19-21-13-17-23(18-14-21)31-24-7-3-5-9-26(24)32(28,29)27-10-6-4-8-25(27)31/h3-18H,2,19H2,1H3/q+1. The van der Waals surface area contributed by atoms with Gasteiger partial charge in [0.05, 0.1) is 0 Å². The minimum Gasteiger partial charge on any atom is -0.489 e. The van der Waals surface area contributed by atoms with E-state index in [2.05, 4.69) is 43.3 Å². The van der Waals surface area contributed by atoms with Crippen molar-refractivity contribution in [2.24, 2.45) is 0 Å². The topological polar surface area (TPSA) is 43.4 Å². The van der Waals surface area contributed by atoms with Crippen LogP contribution in [-0.2, 0) is 33.8 Å². The average molecular weight is 460 g/mol. The van der Waals surface area contributed by atoms with Crippen LogP contribution in [0.2, 0.25) is 0 Å². The lowest BCUT2D eigenvalue weighted by Crippen LogP contribution is -2.20. The van der Waals surface area contributed by atoms with Gasteiger partial charge in [0.1, 0.15) is 33.0 Å². The van der Waals surface area contributed by atoms with Crippen molar-refractivity contribution in [1.82, 2.24) is 0 Å². The van der Waals surface area contributed by atoms with E-state index in [4.69, 9.17) is 4.74 Å². The van der Waals surface area contributed by atoms with Crippen LogP contribution in [0.15, 0.2) is 122 Å². The first-order valence-electron chi connectivity index (χ1n) is 10.6. The van der Waals surface area contributed by atoms with Crippen molar-refractivity contribution in [3.05, 3.63) is 108 Å². The maximum absolute atomic E-state index is 13.2. The first-order valence-corrected chi connectivity index (χ1v) is 13.3. The minimum absolute atomic E-state index is 0.407. The van der Waals surface area contributed by atoms with Crippen LogP contribution in [-0.4, -0.2) is 8.42 Å². The van der Waals surface area contributed by atoms with E-state index >= 15 is 0 Å². The summed E-state index contributed by atoms with van der Waals surface area (Å²) in [5.41, 5.74) is 2.36. The average Bonchev–Trinajstić information content (AvgIpc) is 2.84. The SMILES string of the molecule is CCc1ccc(OCc2ccc([S+]3c4ccccc4S(=O)(=O)c4ccccc43)cc2)cc1. The van der Waals surface area contributed by atoms with Crippen molar-refractivity contribution in [3.8, 4) is 5.75 Å². The summed E-state index contributed by atoms with van der Waals surface area (Å²) in [5, 5.41) is 0. The summed E-state index contributed by atoms with van der Waals surface area (Å²) in [7, 11) is -3.98. The number of hydrogen-bond donors (Lipinski definition) is 0. The van der Waals surface area contributed by atoms with Crippen LogP contribution in [0.4, 0.5) is 0 Å². The maximum Gasteiger partial charge on any atom is 0.216 e. The molecular formula is C27H23O3S2+. The third kappa shape index (κ3) is 3.72. The molecule has 0 amide bonds. The predicted octanol–water partition coefficient (Wildman–Crippen LogP) is 6.07. The number of aryl methyl sites for hydroxylation is 1. The van der Waals surface area contributed by atoms with E-state index in [1.54, 1.807) is 24.3 Å². The van der Waals surface area contributed by atoms with E-state index in [-0.39, 0.29) is 0 Å². The molecule has 0 atom stereocenters. The van der Waals surface area contributed by atoms with Gasteiger partial charge in [0, 0.05) is 0 Å². The molecule has 0 spiro atoms. The quantitative estimate of drug-likeness (QED) is 0.300. The van der Waals surface area contributed by atoms with Crippen LogP contribution >= 0.6 is 0 Å². The van der Waals surface area contributed by atoms with Crippen molar-refractivity contribution in [2.45, 2.75) is 44.4 Å². The van der Waals surface area contributed by atoms with Crippen LogP contribution in [0.3, 0.4) is 0 Å². The van der Waals surface area contributed by atoms with Crippen LogP contribution < -0.4 is 4.74 Å². The highest BCUT2D eigenvalue weighted by atomic mass is 32.2. The molecule has 3 nitrogen and oxygen atoms in total. The first-order chi connectivity index (χ1) is 15.6. The lowest BCUT2D eigenvalue weighted by molar-refractivity contribution is 0.306. The second-order valence-electron chi connectivity index (χ2n) is 7.63. The molecule has 32 heavy (non-hydrogen) atoms. The molecule has 1 aliphatic rings. The Labute approximate surface area is 192 Å². The molecule has 160 valence electrons. The molecule has 0 aliphatic carbocycles. The smallest absolute Gasteiger partial charge is 0.216 e. The number of ether oxygens (including phenoxy) is 1. The van der Waals surface area contributed by atoms with E-state index in [1.165, 1.54) is 5.56 Å². The molecule has 1 aliphatic heterocycles. The van der Waals surface area contributed by atoms with E-state index < -0.39 is 20.7 Å². The lowest BCUT2D eigenvalue weighted by Gasteiger charge is -2.19. The molecule has 0 unspecified atom stereocenters. The van der Waals surface area contributed by atoms with Gasteiger partial charge in [-0.15, -0.1) is 0 Å². The zero-order chi connectivity index (χ0) is 22.1. The first kappa shape index (κ1) is 20.9. The van der Waals surface area contributed by atoms with Crippen molar-refractivity contribution < 1.29 is 13.2 Å². The van der Waals surface area contributed by atoms with Crippen molar-refractivity contribution in [3.63, 3.8) is 0 Å². The van der Waals surface area contributed by atoms with Crippen LogP contribution in [0.25, 0.3) is 0 Å². The van der Waals surface area contributed by atoms with Gasteiger partial charge in [-0.25, -0.2) is 8.42 Å². The van der Waals surface area contributed by atoms with E-state index in [0.717, 1.165) is 32.4 Å². The van der Waals surface area contributed by atoms with Gasteiger partial charge in [-0.3, -0.25) is 0 Å². The molecular weight excluding hydrogens is 436 g/mol. The Balaban J connectivity index is 1.45. The van der Waals surface area contributed by atoms with Crippen molar-refractivity contribution in [1.29, 1.82) is 0 Å². The Morgan fingerprint density at radius 1 is 0.688 bits per heavy atom.